The largest absolute Gasteiger partial charge is 0.481 e. The summed E-state index contributed by atoms with van der Waals surface area (Å²) in [6, 6.07) is 5.32. The first-order valence-corrected chi connectivity index (χ1v) is 6.04. The van der Waals surface area contributed by atoms with Gasteiger partial charge >= 0.3 is 5.97 Å². The van der Waals surface area contributed by atoms with Crippen molar-refractivity contribution >= 4 is 29.2 Å². The van der Waals surface area contributed by atoms with E-state index in [1.807, 2.05) is 24.9 Å². The van der Waals surface area contributed by atoms with E-state index in [0.29, 0.717) is 16.6 Å². The van der Waals surface area contributed by atoms with Crippen LogP contribution in [0.1, 0.15) is 24.9 Å². The monoisotopic (exact) mass is 275 g/mol. The van der Waals surface area contributed by atoms with Crippen LogP contribution in [0.5, 0.6) is 0 Å². The zero-order valence-electron chi connectivity index (χ0n) is 9.78. The maximum atomic E-state index is 10.5. The fourth-order valence-corrected chi connectivity index (χ4v) is 1.99. The SMILES string of the molecule is CC(c1cc(Cl)ccc1Cl)N(C)CCC(=O)O. The smallest absolute Gasteiger partial charge is 0.304 e. The summed E-state index contributed by atoms with van der Waals surface area (Å²) in [6.45, 7) is 2.44. The fraction of sp³-hybridized carbons (Fsp3) is 0.417. The lowest BCUT2D eigenvalue weighted by molar-refractivity contribution is -0.137. The van der Waals surface area contributed by atoms with Crippen LogP contribution >= 0.6 is 23.2 Å². The van der Waals surface area contributed by atoms with Crippen molar-refractivity contribution in [1.29, 1.82) is 0 Å². The van der Waals surface area contributed by atoms with Crippen LogP contribution < -0.4 is 0 Å². The van der Waals surface area contributed by atoms with Gasteiger partial charge in [0.05, 0.1) is 6.42 Å². The molecule has 0 spiro atoms. The number of carbonyl (C=O) groups is 1. The van der Waals surface area contributed by atoms with E-state index in [1.54, 1.807) is 12.1 Å². The number of hydrogen-bond donors (Lipinski definition) is 1. The predicted molar refractivity (Wildman–Crippen MR) is 69.8 cm³/mol. The average molecular weight is 276 g/mol. The molecular weight excluding hydrogens is 261 g/mol. The van der Waals surface area contributed by atoms with Crippen molar-refractivity contribution in [3.05, 3.63) is 33.8 Å². The Balaban J connectivity index is 2.77. The third-order valence-corrected chi connectivity index (χ3v) is 3.33. The molecule has 0 heterocycles. The summed E-state index contributed by atoms with van der Waals surface area (Å²) in [5.41, 5.74) is 0.909. The van der Waals surface area contributed by atoms with Gasteiger partial charge in [0.15, 0.2) is 0 Å². The second-order valence-electron chi connectivity index (χ2n) is 3.97. The van der Waals surface area contributed by atoms with Crippen LogP contribution in [-0.4, -0.2) is 29.6 Å². The molecule has 0 fully saturated rings. The minimum Gasteiger partial charge on any atom is -0.481 e. The highest BCUT2D eigenvalue weighted by Crippen LogP contribution is 2.29. The molecule has 0 bridgehead atoms. The number of carboxylic acids is 1. The van der Waals surface area contributed by atoms with Crippen molar-refractivity contribution < 1.29 is 9.90 Å². The van der Waals surface area contributed by atoms with Crippen LogP contribution in [0.15, 0.2) is 18.2 Å². The van der Waals surface area contributed by atoms with Crippen LogP contribution in [0.3, 0.4) is 0 Å². The summed E-state index contributed by atoms with van der Waals surface area (Å²) in [5, 5.41) is 9.91. The van der Waals surface area contributed by atoms with Crippen molar-refractivity contribution in [3.63, 3.8) is 0 Å². The molecule has 0 saturated heterocycles. The van der Waals surface area contributed by atoms with Gasteiger partial charge in [0, 0.05) is 22.6 Å². The Morgan fingerprint density at radius 3 is 2.71 bits per heavy atom. The Kier molecular flexibility index (Phi) is 5.25. The third-order valence-electron chi connectivity index (χ3n) is 2.75. The molecule has 0 radical (unpaired) electrons. The summed E-state index contributed by atoms with van der Waals surface area (Å²) >= 11 is 12.0. The van der Waals surface area contributed by atoms with Gasteiger partial charge in [0.1, 0.15) is 0 Å². The number of carboxylic acid groups (broad SMARTS) is 1. The van der Waals surface area contributed by atoms with E-state index in [-0.39, 0.29) is 12.5 Å². The maximum Gasteiger partial charge on any atom is 0.304 e. The highest BCUT2D eigenvalue weighted by molar-refractivity contribution is 6.33. The van der Waals surface area contributed by atoms with Gasteiger partial charge in [0.2, 0.25) is 0 Å². The van der Waals surface area contributed by atoms with Gasteiger partial charge in [-0.15, -0.1) is 0 Å². The van der Waals surface area contributed by atoms with Gasteiger partial charge in [-0.3, -0.25) is 9.69 Å². The van der Waals surface area contributed by atoms with Gasteiger partial charge < -0.3 is 5.11 Å². The lowest BCUT2D eigenvalue weighted by Gasteiger charge is -2.25. The van der Waals surface area contributed by atoms with E-state index in [1.165, 1.54) is 0 Å². The third kappa shape index (κ3) is 4.19. The Bertz CT molecular complexity index is 409. The van der Waals surface area contributed by atoms with Crippen molar-refractivity contribution in [3.8, 4) is 0 Å². The fourth-order valence-electron chi connectivity index (χ4n) is 1.54. The van der Waals surface area contributed by atoms with E-state index in [2.05, 4.69) is 0 Å². The summed E-state index contributed by atoms with van der Waals surface area (Å²) < 4.78 is 0. The van der Waals surface area contributed by atoms with Crippen molar-refractivity contribution in [2.45, 2.75) is 19.4 Å². The first kappa shape index (κ1) is 14.3. The molecule has 1 N–H and O–H groups in total. The van der Waals surface area contributed by atoms with Crippen LogP contribution in [0.25, 0.3) is 0 Å². The number of aliphatic carboxylic acids is 1. The molecule has 17 heavy (non-hydrogen) atoms. The van der Waals surface area contributed by atoms with Gasteiger partial charge in [-0.2, -0.15) is 0 Å². The number of nitrogens with zero attached hydrogens (tertiary/aromatic N) is 1. The summed E-state index contributed by atoms with van der Waals surface area (Å²) in [4.78, 5) is 12.4. The molecular formula is C12H15Cl2NO2. The molecule has 0 aliphatic heterocycles. The topological polar surface area (TPSA) is 40.5 Å². The Morgan fingerprint density at radius 1 is 1.47 bits per heavy atom. The normalized spacial score (nSPS) is 12.8. The molecule has 5 heteroatoms. The van der Waals surface area contributed by atoms with Crippen molar-refractivity contribution in [2.24, 2.45) is 0 Å². The molecule has 0 aliphatic carbocycles. The van der Waals surface area contributed by atoms with Gasteiger partial charge in [0.25, 0.3) is 0 Å². The molecule has 0 aliphatic rings. The predicted octanol–water partition coefficient (Wildman–Crippen LogP) is 3.46. The highest BCUT2D eigenvalue weighted by atomic mass is 35.5. The number of hydrogen-bond acceptors (Lipinski definition) is 2. The van der Waals surface area contributed by atoms with Crippen LogP contribution in [0.4, 0.5) is 0 Å². The molecule has 3 nitrogen and oxygen atoms in total. The average Bonchev–Trinajstić information content (AvgIpc) is 2.28. The molecule has 0 aromatic heterocycles. The summed E-state index contributed by atoms with van der Waals surface area (Å²) in [5.74, 6) is -0.804. The molecule has 1 atom stereocenters. The lowest BCUT2D eigenvalue weighted by Crippen LogP contribution is -2.25. The van der Waals surface area contributed by atoms with Gasteiger partial charge in [-0.1, -0.05) is 23.2 Å². The maximum absolute atomic E-state index is 10.5. The molecule has 94 valence electrons. The molecule has 1 aromatic carbocycles. The summed E-state index contributed by atoms with van der Waals surface area (Å²) in [7, 11) is 1.87. The van der Waals surface area contributed by atoms with Crippen LogP contribution in [-0.2, 0) is 4.79 Å². The van der Waals surface area contributed by atoms with Crippen molar-refractivity contribution in [1.82, 2.24) is 4.90 Å². The number of rotatable bonds is 5. The lowest BCUT2D eigenvalue weighted by atomic mass is 10.1. The van der Waals surface area contributed by atoms with E-state index in [9.17, 15) is 4.79 Å². The molecule has 1 rings (SSSR count). The highest BCUT2D eigenvalue weighted by Gasteiger charge is 2.15. The molecule has 0 saturated carbocycles. The minimum absolute atomic E-state index is 0.0283. The first-order chi connectivity index (χ1) is 7.91. The van der Waals surface area contributed by atoms with E-state index in [4.69, 9.17) is 28.3 Å². The van der Waals surface area contributed by atoms with Crippen LogP contribution in [0, 0.1) is 0 Å². The van der Waals surface area contributed by atoms with Crippen molar-refractivity contribution in [2.75, 3.05) is 13.6 Å². The molecule has 1 aromatic rings. The van der Waals surface area contributed by atoms with E-state index >= 15 is 0 Å². The van der Waals surface area contributed by atoms with Gasteiger partial charge in [-0.25, -0.2) is 0 Å². The zero-order valence-corrected chi connectivity index (χ0v) is 11.3. The number of halogens is 2. The standard InChI is InChI=1S/C12H15Cl2NO2/c1-8(15(2)6-5-12(16)17)10-7-9(13)3-4-11(10)14/h3-4,7-8H,5-6H2,1-2H3,(H,16,17). The Labute approximate surface area is 111 Å². The van der Waals surface area contributed by atoms with Gasteiger partial charge in [-0.05, 0) is 37.7 Å². The first-order valence-electron chi connectivity index (χ1n) is 5.28. The zero-order chi connectivity index (χ0) is 13.0. The summed E-state index contributed by atoms with van der Waals surface area (Å²) in [6.07, 6.45) is 0.110. The Hall–Kier alpha value is -0.770. The quantitative estimate of drug-likeness (QED) is 0.895. The molecule has 0 amide bonds. The Morgan fingerprint density at radius 2 is 2.12 bits per heavy atom. The molecule has 1 unspecified atom stereocenters. The second-order valence-corrected chi connectivity index (χ2v) is 4.81. The number of benzene rings is 1. The minimum atomic E-state index is -0.804. The second kappa shape index (κ2) is 6.24. The van der Waals surface area contributed by atoms with E-state index < -0.39 is 5.97 Å². The van der Waals surface area contributed by atoms with Crippen LogP contribution in [0.2, 0.25) is 10.0 Å². The van der Waals surface area contributed by atoms with E-state index in [0.717, 1.165) is 5.56 Å².